The minimum Gasteiger partial charge on any atom is -0.794 e. The van der Waals surface area contributed by atoms with E-state index in [0.29, 0.717) is 0 Å². The molecule has 0 fully saturated rings. The van der Waals surface area contributed by atoms with E-state index in [1.807, 2.05) is 0 Å². The zero-order valence-corrected chi connectivity index (χ0v) is 9.37. The quantitative estimate of drug-likeness (QED) is 0.402. The van der Waals surface area contributed by atoms with Crippen molar-refractivity contribution < 1.29 is 23.3 Å². The molecule has 0 amide bonds. The van der Waals surface area contributed by atoms with Crippen LogP contribution in [0.4, 0.5) is 0 Å². The lowest BCUT2D eigenvalue weighted by Crippen LogP contribution is -2.53. The van der Waals surface area contributed by atoms with Gasteiger partial charge in [0.15, 0.2) is 0 Å². The lowest BCUT2D eigenvalue weighted by atomic mass is 10.8. The highest BCUT2D eigenvalue weighted by Gasteiger charge is 2.10. The van der Waals surface area contributed by atoms with E-state index in [1.54, 1.807) is 0 Å². The Balaban J connectivity index is 0. The first-order valence-corrected chi connectivity index (χ1v) is 5.35. The smallest absolute Gasteiger partial charge is 0.407 e. The summed E-state index contributed by atoms with van der Waals surface area (Å²) in [6, 6.07) is 0. The van der Waals surface area contributed by atoms with Crippen LogP contribution >= 0.6 is 0 Å². The lowest BCUT2D eigenvalue weighted by molar-refractivity contribution is -0.849. The lowest BCUT2D eigenvalue weighted by Gasteiger charge is -2.20. The standard InChI is InChI=1S/C4H12N.C2H7O4Si/c1-5(2,3)4;1-2-6-7(3,4)5/h1-4H3;3-4H,2H2,1H3/q+1;-1. The summed E-state index contributed by atoms with van der Waals surface area (Å²) in [5.41, 5.74) is 0. The molecule has 76 valence electrons. The highest BCUT2D eigenvalue weighted by Crippen LogP contribution is 1.80. The van der Waals surface area contributed by atoms with Crippen molar-refractivity contribution in [3.8, 4) is 0 Å². The summed E-state index contributed by atoms with van der Waals surface area (Å²) in [6.07, 6.45) is 0. The third-order valence-electron chi connectivity index (χ3n) is 0.332. The van der Waals surface area contributed by atoms with Gasteiger partial charge in [-0.3, -0.25) is 0 Å². The first-order valence-electron chi connectivity index (χ1n) is 3.64. The molecule has 0 heterocycles. The first kappa shape index (κ1) is 14.5. The van der Waals surface area contributed by atoms with Gasteiger partial charge in [0.25, 0.3) is 0 Å². The monoisotopic (exact) mass is 197 g/mol. The highest BCUT2D eigenvalue weighted by molar-refractivity contribution is 6.46. The molecule has 0 aromatic heterocycles. The van der Waals surface area contributed by atoms with Gasteiger partial charge in [-0.2, -0.15) is 0 Å². The molecule has 0 aliphatic rings. The summed E-state index contributed by atoms with van der Waals surface area (Å²) < 4.78 is 4.92. The average molecular weight is 197 g/mol. The van der Waals surface area contributed by atoms with Crippen molar-refractivity contribution in [1.29, 1.82) is 0 Å². The Labute approximate surface area is 74.9 Å². The summed E-state index contributed by atoms with van der Waals surface area (Å²) in [6.45, 7) is 1.58. The number of hydrogen-bond acceptors (Lipinski definition) is 4. The molecule has 0 radical (unpaired) electrons. The predicted octanol–water partition coefficient (Wildman–Crippen LogP) is -1.87. The van der Waals surface area contributed by atoms with Crippen molar-refractivity contribution in [3.05, 3.63) is 0 Å². The van der Waals surface area contributed by atoms with E-state index in [1.165, 1.54) is 6.92 Å². The molecule has 0 rings (SSSR count). The zero-order valence-electron chi connectivity index (χ0n) is 8.37. The molecule has 5 nitrogen and oxygen atoms in total. The molecule has 0 aliphatic carbocycles. The molecule has 0 aromatic rings. The number of quaternary nitrogens is 1. The maximum atomic E-state index is 9.73. The average Bonchev–Trinajstić information content (AvgIpc) is 1.54. The molecular weight excluding hydrogens is 178 g/mol. The van der Waals surface area contributed by atoms with E-state index in [4.69, 9.17) is 9.59 Å². The van der Waals surface area contributed by atoms with E-state index < -0.39 is 9.05 Å². The zero-order chi connectivity index (χ0) is 10.4. The minimum absolute atomic E-state index is 0.0583. The molecule has 0 atom stereocenters. The maximum absolute atomic E-state index is 9.73. The van der Waals surface area contributed by atoms with Gasteiger partial charge < -0.3 is 23.3 Å². The predicted molar refractivity (Wildman–Crippen MR) is 45.8 cm³/mol. The van der Waals surface area contributed by atoms with E-state index in [9.17, 15) is 4.80 Å². The molecule has 0 spiro atoms. The fourth-order valence-corrected chi connectivity index (χ4v) is 0.564. The van der Waals surface area contributed by atoms with Crippen molar-refractivity contribution >= 4 is 9.05 Å². The first-order chi connectivity index (χ1) is 5.06. The van der Waals surface area contributed by atoms with Crippen LogP contribution < -0.4 is 4.80 Å². The van der Waals surface area contributed by atoms with Gasteiger partial charge in [-0.1, -0.05) is 0 Å². The fourth-order valence-electron chi connectivity index (χ4n) is 0.188. The minimum atomic E-state index is -4.41. The SMILES string of the molecule is CCO[Si]([O-])(O)O.C[N+](C)(C)C. The second kappa shape index (κ2) is 5.63. The third kappa shape index (κ3) is 50.5. The number of rotatable bonds is 2. The summed E-state index contributed by atoms with van der Waals surface area (Å²) in [5.74, 6) is 0. The molecule has 0 aromatic carbocycles. The van der Waals surface area contributed by atoms with Crippen LogP contribution in [0.1, 0.15) is 6.92 Å². The largest absolute Gasteiger partial charge is 0.794 e. The molecule has 2 N–H and O–H groups in total. The van der Waals surface area contributed by atoms with Crippen molar-refractivity contribution in [3.63, 3.8) is 0 Å². The summed E-state index contributed by atoms with van der Waals surface area (Å²) in [5, 5.41) is 0. The van der Waals surface area contributed by atoms with Crippen LogP contribution in [0.2, 0.25) is 0 Å². The third-order valence-corrected chi connectivity index (χ3v) is 0.997. The van der Waals surface area contributed by atoms with Gasteiger partial charge in [-0.15, -0.1) is 0 Å². The maximum Gasteiger partial charge on any atom is 0.407 e. The van der Waals surface area contributed by atoms with Gasteiger partial charge >= 0.3 is 9.05 Å². The van der Waals surface area contributed by atoms with Gasteiger partial charge in [-0.05, 0) is 6.92 Å². The fraction of sp³-hybridized carbons (Fsp3) is 1.00. The Morgan fingerprint density at radius 1 is 1.25 bits per heavy atom. The van der Waals surface area contributed by atoms with Crippen molar-refractivity contribution in [2.75, 3.05) is 34.8 Å². The normalized spacial score (nSPS) is 12.0. The van der Waals surface area contributed by atoms with Crippen molar-refractivity contribution in [2.24, 2.45) is 0 Å². The summed E-state index contributed by atoms with van der Waals surface area (Å²) in [4.78, 5) is 25.6. The van der Waals surface area contributed by atoms with Crippen LogP contribution in [-0.4, -0.2) is 57.9 Å². The number of hydrogen-bond donors (Lipinski definition) is 2. The van der Waals surface area contributed by atoms with Crippen LogP contribution in [0.25, 0.3) is 0 Å². The Bertz CT molecular complexity index is 101. The van der Waals surface area contributed by atoms with E-state index in [0.717, 1.165) is 4.48 Å². The second-order valence-corrected chi connectivity index (χ2v) is 5.05. The molecule has 0 saturated carbocycles. The molecular formula is C6H19NO4Si. The van der Waals surface area contributed by atoms with Gasteiger partial charge in [0.05, 0.1) is 28.2 Å². The van der Waals surface area contributed by atoms with E-state index >= 15 is 0 Å². The molecule has 0 saturated heterocycles. The Morgan fingerprint density at radius 2 is 1.50 bits per heavy atom. The Hall–Kier alpha value is 0.0169. The van der Waals surface area contributed by atoms with Gasteiger partial charge in [-0.25, -0.2) is 0 Å². The molecule has 0 unspecified atom stereocenters. The number of nitrogens with zero attached hydrogens (tertiary/aromatic N) is 1. The molecule has 0 aliphatic heterocycles. The van der Waals surface area contributed by atoms with Crippen molar-refractivity contribution in [2.45, 2.75) is 6.92 Å². The Morgan fingerprint density at radius 3 is 1.50 bits per heavy atom. The van der Waals surface area contributed by atoms with Gasteiger partial charge in [0.2, 0.25) is 0 Å². The van der Waals surface area contributed by atoms with Crippen LogP contribution in [0, 0.1) is 0 Å². The highest BCUT2D eigenvalue weighted by atomic mass is 28.4. The Kier molecular flexibility index (Phi) is 6.82. The van der Waals surface area contributed by atoms with Crippen molar-refractivity contribution in [1.82, 2.24) is 0 Å². The van der Waals surface area contributed by atoms with Gasteiger partial charge in [0, 0.05) is 6.61 Å². The van der Waals surface area contributed by atoms with Crippen LogP contribution in [0.15, 0.2) is 0 Å². The molecule has 12 heavy (non-hydrogen) atoms. The topological polar surface area (TPSA) is 72.8 Å². The summed E-state index contributed by atoms with van der Waals surface area (Å²) >= 11 is 0. The van der Waals surface area contributed by atoms with Crippen LogP contribution in [-0.2, 0) is 4.43 Å². The van der Waals surface area contributed by atoms with Crippen LogP contribution in [0.3, 0.4) is 0 Å². The second-order valence-electron chi connectivity index (χ2n) is 3.66. The van der Waals surface area contributed by atoms with Gasteiger partial charge in [0.1, 0.15) is 0 Å². The molecule has 6 heteroatoms. The molecule has 0 bridgehead atoms. The summed E-state index contributed by atoms with van der Waals surface area (Å²) in [7, 11) is 4.09. The van der Waals surface area contributed by atoms with E-state index in [-0.39, 0.29) is 6.61 Å². The van der Waals surface area contributed by atoms with E-state index in [2.05, 4.69) is 32.6 Å². The van der Waals surface area contributed by atoms with Crippen LogP contribution in [0.5, 0.6) is 0 Å².